The van der Waals surface area contributed by atoms with Crippen LogP contribution in [0.15, 0.2) is 88.7 Å². The van der Waals surface area contributed by atoms with Crippen LogP contribution in [0.5, 0.6) is 5.75 Å². The van der Waals surface area contributed by atoms with Gasteiger partial charge in [-0.1, -0.05) is 54.2 Å². The summed E-state index contributed by atoms with van der Waals surface area (Å²) < 4.78 is 10.1. The Labute approximate surface area is 228 Å². The third-order valence-electron chi connectivity index (χ3n) is 6.66. The van der Waals surface area contributed by atoms with Gasteiger partial charge in [0.25, 0.3) is 5.91 Å². The zero-order valence-corrected chi connectivity index (χ0v) is 22.0. The zero-order valence-electron chi connectivity index (χ0n) is 21.1. The Hall–Kier alpha value is -4.75. The van der Waals surface area contributed by atoms with E-state index >= 15 is 0 Å². The van der Waals surface area contributed by atoms with Crippen molar-refractivity contribution in [2.75, 3.05) is 19.5 Å². The van der Waals surface area contributed by atoms with E-state index < -0.39 is 29.0 Å². The van der Waals surface area contributed by atoms with Gasteiger partial charge in [0, 0.05) is 5.69 Å². The van der Waals surface area contributed by atoms with E-state index in [4.69, 9.17) is 15.2 Å². The van der Waals surface area contributed by atoms with Gasteiger partial charge in [-0.15, -0.1) is 0 Å². The molecule has 9 nitrogen and oxygen atoms in total. The fraction of sp³-hybridized carbons (Fsp3) is 0.172. The number of nitrogens with zero attached hydrogens (tertiary/aromatic N) is 2. The van der Waals surface area contributed by atoms with Gasteiger partial charge >= 0.3 is 5.97 Å². The molecule has 39 heavy (non-hydrogen) atoms. The van der Waals surface area contributed by atoms with E-state index in [9.17, 15) is 19.6 Å². The van der Waals surface area contributed by atoms with E-state index in [1.54, 1.807) is 30.3 Å². The first kappa shape index (κ1) is 25.9. The topological polar surface area (TPSA) is 135 Å². The number of thioether (sulfide) groups is 1. The number of esters is 1. The highest BCUT2D eigenvalue weighted by Crippen LogP contribution is 2.50. The van der Waals surface area contributed by atoms with Gasteiger partial charge in [0.05, 0.1) is 48.8 Å². The molecular formula is C29H24N4O5S. The number of anilines is 1. The lowest BCUT2D eigenvalue weighted by Crippen LogP contribution is -2.39. The van der Waals surface area contributed by atoms with Crippen LogP contribution in [0.3, 0.4) is 0 Å². The fourth-order valence-corrected chi connectivity index (χ4v) is 6.09. The molecule has 0 bridgehead atoms. The summed E-state index contributed by atoms with van der Waals surface area (Å²) in [4.78, 5) is 40.6. The highest BCUT2D eigenvalue weighted by atomic mass is 32.2. The highest BCUT2D eigenvalue weighted by molar-refractivity contribution is 8.04. The Morgan fingerprint density at radius 1 is 1.08 bits per heavy atom. The summed E-state index contributed by atoms with van der Waals surface area (Å²) in [6.07, 6.45) is -0.210. The van der Waals surface area contributed by atoms with Crippen molar-refractivity contribution in [3.8, 4) is 11.8 Å². The average Bonchev–Trinajstić information content (AvgIpc) is 3.27. The van der Waals surface area contributed by atoms with Gasteiger partial charge in [0.15, 0.2) is 0 Å². The van der Waals surface area contributed by atoms with Crippen molar-refractivity contribution in [3.05, 3.63) is 94.3 Å². The van der Waals surface area contributed by atoms with E-state index in [1.807, 2.05) is 36.4 Å². The third kappa shape index (κ3) is 4.69. The molecule has 0 aromatic heterocycles. The van der Waals surface area contributed by atoms with Crippen LogP contribution >= 0.6 is 11.8 Å². The summed E-state index contributed by atoms with van der Waals surface area (Å²) >= 11 is 1.06. The van der Waals surface area contributed by atoms with Crippen molar-refractivity contribution < 1.29 is 23.9 Å². The molecule has 1 saturated heterocycles. The molecule has 3 aromatic carbocycles. The maximum Gasteiger partial charge on any atom is 0.307 e. The molecule has 0 aliphatic carbocycles. The van der Waals surface area contributed by atoms with Gasteiger partial charge in [-0.3, -0.25) is 19.3 Å². The van der Waals surface area contributed by atoms with Crippen LogP contribution in [-0.4, -0.2) is 42.2 Å². The number of rotatable bonds is 6. The summed E-state index contributed by atoms with van der Waals surface area (Å²) in [6.45, 7) is 0. The predicted octanol–water partition coefficient (Wildman–Crippen LogP) is 4.00. The number of nitrogens with one attached hydrogen (secondary N) is 1. The van der Waals surface area contributed by atoms with Gasteiger partial charge in [-0.2, -0.15) is 5.26 Å². The first-order valence-corrected chi connectivity index (χ1v) is 12.9. The molecule has 5 rings (SSSR count). The van der Waals surface area contributed by atoms with E-state index in [1.165, 1.54) is 19.1 Å². The largest absolute Gasteiger partial charge is 0.497 e. The molecule has 0 saturated carbocycles. The number of methoxy groups -OCH3 is 2. The molecule has 0 unspecified atom stereocenters. The van der Waals surface area contributed by atoms with Gasteiger partial charge in [0.2, 0.25) is 5.91 Å². The molecule has 1 fully saturated rings. The Morgan fingerprint density at radius 2 is 1.85 bits per heavy atom. The Balaban J connectivity index is 1.65. The van der Waals surface area contributed by atoms with Crippen LogP contribution in [0.4, 0.5) is 5.69 Å². The number of benzene rings is 3. The number of carbonyl (C=O) groups is 3. The Bertz CT molecular complexity index is 1620. The van der Waals surface area contributed by atoms with Crippen molar-refractivity contribution in [2.45, 2.75) is 17.6 Å². The quantitative estimate of drug-likeness (QED) is 0.448. The van der Waals surface area contributed by atoms with Crippen molar-refractivity contribution in [3.63, 3.8) is 0 Å². The van der Waals surface area contributed by atoms with Crippen molar-refractivity contribution in [1.29, 1.82) is 5.26 Å². The fourth-order valence-electron chi connectivity index (χ4n) is 4.76. The number of amides is 2. The van der Waals surface area contributed by atoms with E-state index in [-0.39, 0.29) is 28.4 Å². The minimum Gasteiger partial charge on any atom is -0.497 e. The molecule has 2 atom stereocenters. The number of ether oxygens (including phenoxy) is 2. The van der Waals surface area contributed by atoms with Crippen LogP contribution in [0.1, 0.15) is 17.9 Å². The summed E-state index contributed by atoms with van der Waals surface area (Å²) in [7, 11) is 2.76. The Morgan fingerprint density at radius 3 is 2.56 bits per heavy atom. The summed E-state index contributed by atoms with van der Waals surface area (Å²) in [5, 5.41) is 14.5. The number of carbonyl (C=O) groups excluding carboxylic acids is 3. The summed E-state index contributed by atoms with van der Waals surface area (Å²) in [6, 6.07) is 22.4. The van der Waals surface area contributed by atoms with Crippen LogP contribution in [0.25, 0.3) is 10.8 Å². The number of nitrogens with two attached hydrogens (primary N) is 1. The number of fused-ring (bicyclic) bond motifs is 2. The van der Waals surface area contributed by atoms with Crippen LogP contribution < -0.4 is 15.8 Å². The van der Waals surface area contributed by atoms with Crippen molar-refractivity contribution >= 4 is 46.0 Å². The Kier molecular flexibility index (Phi) is 7.00. The zero-order chi connectivity index (χ0) is 27.7. The minimum absolute atomic E-state index is 0.0448. The SMILES string of the molecule is COC(=O)C[C@H]1SC2=C(C(=O)Nc3ccc4ccccc4c3)[C@@H](c3cccc(OC)c3)C(C#N)=C(N)N2C1=O. The maximum atomic E-state index is 14.0. The maximum absolute atomic E-state index is 14.0. The van der Waals surface area contributed by atoms with Gasteiger partial charge in [-0.05, 0) is 40.6 Å². The number of hydrogen-bond acceptors (Lipinski definition) is 8. The molecule has 2 amide bonds. The van der Waals surface area contributed by atoms with Gasteiger partial charge < -0.3 is 20.5 Å². The van der Waals surface area contributed by atoms with Gasteiger partial charge in [-0.25, -0.2) is 0 Å². The third-order valence-corrected chi connectivity index (χ3v) is 7.94. The second-order valence-electron chi connectivity index (χ2n) is 8.92. The molecule has 196 valence electrons. The van der Waals surface area contributed by atoms with Gasteiger partial charge in [0.1, 0.15) is 16.8 Å². The summed E-state index contributed by atoms with van der Waals surface area (Å²) in [5.74, 6) is -2.00. The second-order valence-corrected chi connectivity index (χ2v) is 10.1. The highest BCUT2D eigenvalue weighted by Gasteiger charge is 2.48. The van der Waals surface area contributed by atoms with Crippen LogP contribution in [0.2, 0.25) is 0 Å². The molecule has 3 aromatic rings. The molecule has 2 heterocycles. The average molecular weight is 541 g/mol. The monoisotopic (exact) mass is 540 g/mol. The molecule has 2 aliphatic heterocycles. The first-order chi connectivity index (χ1) is 18.9. The normalized spacial score (nSPS) is 18.6. The number of allylic oxidation sites excluding steroid dienone is 1. The van der Waals surface area contributed by atoms with E-state index in [0.717, 1.165) is 22.5 Å². The lowest BCUT2D eigenvalue weighted by Gasteiger charge is -2.32. The predicted molar refractivity (Wildman–Crippen MR) is 147 cm³/mol. The molecular weight excluding hydrogens is 516 g/mol. The summed E-state index contributed by atoms with van der Waals surface area (Å²) in [5.41, 5.74) is 7.76. The lowest BCUT2D eigenvalue weighted by molar-refractivity contribution is -0.142. The lowest BCUT2D eigenvalue weighted by atomic mass is 9.82. The number of nitriles is 1. The van der Waals surface area contributed by atoms with E-state index in [2.05, 4.69) is 11.4 Å². The smallest absolute Gasteiger partial charge is 0.307 e. The van der Waals surface area contributed by atoms with Crippen molar-refractivity contribution in [2.24, 2.45) is 5.73 Å². The second kappa shape index (κ2) is 10.6. The molecule has 2 aliphatic rings. The van der Waals surface area contributed by atoms with Crippen LogP contribution in [-0.2, 0) is 19.1 Å². The number of hydrogen-bond donors (Lipinski definition) is 2. The molecule has 0 radical (unpaired) electrons. The standard InChI is InChI=1S/C29H24N4O5S/c1-37-20-9-5-8-18(13-20)24-21(15-30)26(31)33-28(36)22(14-23(34)38-2)39-29(33)25(24)27(35)32-19-11-10-16-6-3-4-7-17(16)12-19/h3-13,22,24H,14,31H2,1-2H3,(H,32,35)/t22-,24+/m1/s1. The van der Waals surface area contributed by atoms with Crippen LogP contribution in [0, 0.1) is 11.3 Å². The van der Waals surface area contributed by atoms with E-state index in [0.29, 0.717) is 17.0 Å². The molecule has 0 spiro atoms. The molecule has 10 heteroatoms. The first-order valence-electron chi connectivity index (χ1n) is 12.0. The minimum atomic E-state index is -0.881. The van der Waals surface area contributed by atoms with Crippen molar-refractivity contribution in [1.82, 2.24) is 4.90 Å². The molecule has 3 N–H and O–H groups in total.